The average molecular weight is 191 g/mol. The van der Waals surface area contributed by atoms with Crippen molar-refractivity contribution in [3.63, 3.8) is 0 Å². The van der Waals surface area contributed by atoms with E-state index in [0.29, 0.717) is 5.56 Å². The summed E-state index contributed by atoms with van der Waals surface area (Å²) in [6.45, 7) is 2.09. The third kappa shape index (κ3) is 1.45. The summed E-state index contributed by atoms with van der Waals surface area (Å²) in [5, 5.41) is 0. The molecule has 0 aliphatic carbocycles. The van der Waals surface area contributed by atoms with Gasteiger partial charge < -0.3 is 10.5 Å². The first-order valence-electron chi connectivity index (χ1n) is 4.80. The highest BCUT2D eigenvalue weighted by Crippen LogP contribution is 2.30. The Morgan fingerprint density at radius 2 is 2.43 bits per heavy atom. The molecule has 2 N–H and O–H groups in total. The fourth-order valence-corrected chi connectivity index (χ4v) is 1.70. The van der Waals surface area contributed by atoms with E-state index in [9.17, 15) is 4.79 Å². The van der Waals surface area contributed by atoms with E-state index in [-0.39, 0.29) is 12.0 Å². The van der Waals surface area contributed by atoms with Gasteiger partial charge in [-0.3, -0.25) is 4.79 Å². The predicted molar refractivity (Wildman–Crippen MR) is 53.4 cm³/mol. The molecule has 1 heterocycles. The molecule has 0 radical (unpaired) electrons. The molecule has 2 rings (SSSR count). The minimum Gasteiger partial charge on any atom is -0.490 e. The topological polar surface area (TPSA) is 52.3 Å². The highest BCUT2D eigenvalue weighted by atomic mass is 16.5. The van der Waals surface area contributed by atoms with Crippen molar-refractivity contribution in [3.05, 3.63) is 29.3 Å². The molecule has 74 valence electrons. The number of hydrogen-bond acceptors (Lipinski definition) is 2. The summed E-state index contributed by atoms with van der Waals surface area (Å²) < 4.78 is 5.64. The second-order valence-electron chi connectivity index (χ2n) is 3.54. The van der Waals surface area contributed by atoms with Gasteiger partial charge in [-0.15, -0.1) is 0 Å². The SMILES string of the molecule is CCC1Cc2cc(C(N)=O)ccc2O1. The van der Waals surface area contributed by atoms with E-state index in [4.69, 9.17) is 10.5 Å². The Bertz CT molecular complexity index is 374. The minimum absolute atomic E-state index is 0.258. The van der Waals surface area contributed by atoms with Crippen molar-refractivity contribution in [2.45, 2.75) is 25.9 Å². The lowest BCUT2D eigenvalue weighted by atomic mass is 10.1. The lowest BCUT2D eigenvalue weighted by Gasteiger charge is -2.05. The van der Waals surface area contributed by atoms with Crippen LogP contribution in [0.2, 0.25) is 0 Å². The summed E-state index contributed by atoms with van der Waals surface area (Å²) in [5.41, 5.74) is 6.85. The maximum absolute atomic E-state index is 10.9. The van der Waals surface area contributed by atoms with Crippen LogP contribution in [0.3, 0.4) is 0 Å². The van der Waals surface area contributed by atoms with E-state index in [1.54, 1.807) is 6.07 Å². The fraction of sp³-hybridized carbons (Fsp3) is 0.364. The van der Waals surface area contributed by atoms with Crippen LogP contribution < -0.4 is 10.5 Å². The number of fused-ring (bicyclic) bond motifs is 1. The van der Waals surface area contributed by atoms with Crippen molar-refractivity contribution in [1.82, 2.24) is 0 Å². The number of benzene rings is 1. The van der Waals surface area contributed by atoms with Crippen LogP contribution in [0, 0.1) is 0 Å². The quantitative estimate of drug-likeness (QED) is 0.770. The van der Waals surface area contributed by atoms with Crippen molar-refractivity contribution in [1.29, 1.82) is 0 Å². The fourth-order valence-electron chi connectivity index (χ4n) is 1.70. The molecule has 0 saturated heterocycles. The van der Waals surface area contributed by atoms with Gasteiger partial charge >= 0.3 is 0 Å². The predicted octanol–water partition coefficient (Wildman–Crippen LogP) is 1.50. The Morgan fingerprint density at radius 1 is 1.64 bits per heavy atom. The van der Waals surface area contributed by atoms with Gasteiger partial charge in [0.05, 0.1) is 0 Å². The number of rotatable bonds is 2. The zero-order valence-electron chi connectivity index (χ0n) is 8.12. The standard InChI is InChI=1S/C11H13NO2/c1-2-9-6-8-5-7(11(12)13)3-4-10(8)14-9/h3-5,9H,2,6H2,1H3,(H2,12,13). The molecular formula is C11H13NO2. The second-order valence-corrected chi connectivity index (χ2v) is 3.54. The molecular weight excluding hydrogens is 178 g/mol. The molecule has 1 amide bonds. The molecule has 3 nitrogen and oxygen atoms in total. The van der Waals surface area contributed by atoms with Crippen LogP contribution in [0.5, 0.6) is 5.75 Å². The first kappa shape index (κ1) is 9.06. The summed E-state index contributed by atoms with van der Waals surface area (Å²) in [6, 6.07) is 5.36. The number of primary amides is 1. The number of carbonyl (C=O) groups excluding carboxylic acids is 1. The van der Waals surface area contributed by atoms with E-state index in [0.717, 1.165) is 24.2 Å². The Morgan fingerprint density at radius 3 is 3.07 bits per heavy atom. The lowest BCUT2D eigenvalue weighted by molar-refractivity contribution is 0.1000. The van der Waals surface area contributed by atoms with E-state index in [1.807, 2.05) is 12.1 Å². The van der Waals surface area contributed by atoms with Gasteiger partial charge in [0.25, 0.3) is 0 Å². The summed E-state index contributed by atoms with van der Waals surface area (Å²) in [6.07, 6.45) is 2.13. The van der Waals surface area contributed by atoms with Crippen LogP contribution in [0.15, 0.2) is 18.2 Å². The van der Waals surface area contributed by atoms with Crippen LogP contribution in [-0.2, 0) is 6.42 Å². The molecule has 1 unspecified atom stereocenters. The first-order chi connectivity index (χ1) is 6.70. The van der Waals surface area contributed by atoms with Gasteiger partial charge in [-0.25, -0.2) is 0 Å². The van der Waals surface area contributed by atoms with E-state index >= 15 is 0 Å². The van der Waals surface area contributed by atoms with E-state index < -0.39 is 0 Å². The molecule has 1 aromatic rings. The molecule has 1 aliphatic heterocycles. The molecule has 1 atom stereocenters. The van der Waals surface area contributed by atoms with Crippen LogP contribution in [-0.4, -0.2) is 12.0 Å². The van der Waals surface area contributed by atoms with E-state index in [1.165, 1.54) is 0 Å². The zero-order valence-corrected chi connectivity index (χ0v) is 8.12. The van der Waals surface area contributed by atoms with Crippen molar-refractivity contribution in [2.24, 2.45) is 5.73 Å². The van der Waals surface area contributed by atoms with Gasteiger partial charge in [0.2, 0.25) is 5.91 Å². The number of nitrogens with two attached hydrogens (primary N) is 1. The number of carbonyl (C=O) groups is 1. The molecule has 1 aromatic carbocycles. The Hall–Kier alpha value is -1.51. The Kier molecular flexibility index (Phi) is 2.15. The third-order valence-electron chi connectivity index (χ3n) is 2.54. The van der Waals surface area contributed by atoms with Crippen LogP contribution >= 0.6 is 0 Å². The Labute approximate surface area is 82.9 Å². The van der Waals surface area contributed by atoms with Gasteiger partial charge in [0.15, 0.2) is 0 Å². The molecule has 1 aliphatic rings. The monoisotopic (exact) mass is 191 g/mol. The van der Waals surface area contributed by atoms with Gasteiger partial charge in [-0.2, -0.15) is 0 Å². The van der Waals surface area contributed by atoms with Gasteiger partial charge in [-0.1, -0.05) is 6.92 Å². The number of ether oxygens (including phenoxy) is 1. The molecule has 0 fully saturated rings. The van der Waals surface area contributed by atoms with Crippen molar-refractivity contribution in [2.75, 3.05) is 0 Å². The first-order valence-corrected chi connectivity index (χ1v) is 4.80. The normalized spacial score (nSPS) is 18.8. The highest BCUT2D eigenvalue weighted by molar-refractivity contribution is 5.93. The van der Waals surface area contributed by atoms with Crippen LogP contribution in [0.1, 0.15) is 29.3 Å². The van der Waals surface area contributed by atoms with E-state index in [2.05, 4.69) is 6.92 Å². The number of hydrogen-bond donors (Lipinski definition) is 1. The maximum atomic E-state index is 10.9. The van der Waals surface area contributed by atoms with Crippen molar-refractivity contribution < 1.29 is 9.53 Å². The summed E-state index contributed by atoms with van der Waals surface area (Å²) >= 11 is 0. The summed E-state index contributed by atoms with van der Waals surface area (Å²) in [4.78, 5) is 10.9. The van der Waals surface area contributed by atoms with Gasteiger partial charge in [-0.05, 0) is 30.2 Å². The smallest absolute Gasteiger partial charge is 0.248 e. The van der Waals surface area contributed by atoms with Crippen LogP contribution in [0.4, 0.5) is 0 Å². The van der Waals surface area contributed by atoms with Crippen LogP contribution in [0.25, 0.3) is 0 Å². The molecule has 0 bridgehead atoms. The number of amides is 1. The largest absolute Gasteiger partial charge is 0.490 e. The molecule has 0 aromatic heterocycles. The second kappa shape index (κ2) is 3.33. The molecule has 3 heteroatoms. The molecule has 0 saturated carbocycles. The average Bonchev–Trinajstić information content (AvgIpc) is 2.58. The van der Waals surface area contributed by atoms with Crippen molar-refractivity contribution >= 4 is 5.91 Å². The maximum Gasteiger partial charge on any atom is 0.248 e. The molecule has 14 heavy (non-hydrogen) atoms. The summed E-state index contributed by atoms with van der Waals surface area (Å²) in [5.74, 6) is 0.509. The third-order valence-corrected chi connectivity index (χ3v) is 2.54. The highest BCUT2D eigenvalue weighted by Gasteiger charge is 2.21. The molecule has 0 spiro atoms. The zero-order chi connectivity index (χ0) is 10.1. The van der Waals surface area contributed by atoms with Gasteiger partial charge in [0, 0.05) is 12.0 Å². The lowest BCUT2D eigenvalue weighted by Crippen LogP contribution is -2.11. The summed E-state index contributed by atoms with van der Waals surface area (Å²) in [7, 11) is 0. The van der Waals surface area contributed by atoms with Crippen molar-refractivity contribution in [3.8, 4) is 5.75 Å². The Balaban J connectivity index is 2.31. The minimum atomic E-state index is -0.382. The van der Waals surface area contributed by atoms with Gasteiger partial charge in [0.1, 0.15) is 11.9 Å².